The fourth-order valence-corrected chi connectivity index (χ4v) is 1.34. The van der Waals surface area contributed by atoms with Crippen molar-refractivity contribution in [3.05, 3.63) is 35.4 Å². The normalized spacial score (nSPS) is 10.2. The topological polar surface area (TPSA) is 80.9 Å². The predicted molar refractivity (Wildman–Crippen MR) is 51.1 cm³/mol. The van der Waals surface area contributed by atoms with Gasteiger partial charge in [0.05, 0.1) is 24.3 Å². The molecule has 2 aromatic heterocycles. The number of aromatic nitrogens is 4. The number of rotatable bonds is 2. The smallest absolute Gasteiger partial charge is 0.340 e. The molecule has 76 valence electrons. The Labute approximate surface area is 89.1 Å². The molecular weight excluding hydrogens is 220 g/mol. The van der Waals surface area contributed by atoms with Gasteiger partial charge in [-0.15, -0.1) is 0 Å². The lowest BCUT2D eigenvalue weighted by Gasteiger charge is -2.00. The van der Waals surface area contributed by atoms with Crippen LogP contribution in [0, 0.1) is 0 Å². The van der Waals surface area contributed by atoms with E-state index in [9.17, 15) is 4.79 Å². The molecule has 15 heavy (non-hydrogen) atoms. The molecule has 0 aliphatic carbocycles. The molecule has 0 amide bonds. The van der Waals surface area contributed by atoms with Crippen molar-refractivity contribution in [2.75, 3.05) is 0 Å². The summed E-state index contributed by atoms with van der Waals surface area (Å²) in [6.45, 7) is 0. The number of carbonyl (C=O) groups is 1. The van der Waals surface area contributed by atoms with Crippen LogP contribution in [-0.2, 0) is 0 Å². The van der Waals surface area contributed by atoms with E-state index < -0.39 is 5.97 Å². The van der Waals surface area contributed by atoms with E-state index in [1.165, 1.54) is 23.3 Å². The summed E-state index contributed by atoms with van der Waals surface area (Å²) in [6.07, 6.45) is 4.09. The second-order valence-corrected chi connectivity index (χ2v) is 3.02. The summed E-state index contributed by atoms with van der Waals surface area (Å²) in [6, 6.07) is 1.62. The standard InChI is InChI=1S/C8H5ClN4O2/c9-7-6(8(14)15)4-12-13(7)5-1-2-10-11-3-5/h1-4H,(H,14,15). The van der Waals surface area contributed by atoms with E-state index in [0.717, 1.165) is 0 Å². The van der Waals surface area contributed by atoms with Gasteiger partial charge in [-0.1, -0.05) is 11.6 Å². The lowest BCUT2D eigenvalue weighted by Crippen LogP contribution is -1.99. The van der Waals surface area contributed by atoms with Gasteiger partial charge in [0.15, 0.2) is 0 Å². The first-order valence-electron chi connectivity index (χ1n) is 3.94. The summed E-state index contributed by atoms with van der Waals surface area (Å²) in [4.78, 5) is 10.7. The van der Waals surface area contributed by atoms with E-state index in [4.69, 9.17) is 16.7 Å². The fourth-order valence-electron chi connectivity index (χ4n) is 1.07. The monoisotopic (exact) mass is 224 g/mol. The molecule has 0 spiro atoms. The highest BCUT2D eigenvalue weighted by molar-refractivity contribution is 6.32. The van der Waals surface area contributed by atoms with E-state index in [1.54, 1.807) is 6.07 Å². The van der Waals surface area contributed by atoms with E-state index in [1.807, 2.05) is 0 Å². The van der Waals surface area contributed by atoms with Crippen LogP contribution in [-0.4, -0.2) is 31.1 Å². The highest BCUT2D eigenvalue weighted by Gasteiger charge is 2.15. The first-order valence-corrected chi connectivity index (χ1v) is 4.32. The summed E-state index contributed by atoms with van der Waals surface area (Å²) >= 11 is 5.83. The number of carboxylic acid groups (broad SMARTS) is 1. The Hall–Kier alpha value is -1.95. The second kappa shape index (κ2) is 3.66. The third-order valence-electron chi connectivity index (χ3n) is 1.75. The zero-order valence-electron chi connectivity index (χ0n) is 7.33. The van der Waals surface area contributed by atoms with E-state index in [-0.39, 0.29) is 10.7 Å². The number of hydrogen-bond acceptors (Lipinski definition) is 4. The maximum Gasteiger partial charge on any atom is 0.340 e. The molecule has 0 bridgehead atoms. The van der Waals surface area contributed by atoms with Gasteiger partial charge in [-0.3, -0.25) is 0 Å². The Kier molecular flexibility index (Phi) is 2.34. The highest BCUT2D eigenvalue weighted by atomic mass is 35.5. The molecule has 6 nitrogen and oxygen atoms in total. The molecule has 0 atom stereocenters. The minimum absolute atomic E-state index is 0.0375. The SMILES string of the molecule is O=C(O)c1cnn(-c2ccnnc2)c1Cl. The molecule has 0 saturated carbocycles. The van der Waals surface area contributed by atoms with E-state index in [0.29, 0.717) is 5.69 Å². The van der Waals surface area contributed by atoms with Gasteiger partial charge in [-0.2, -0.15) is 15.3 Å². The van der Waals surface area contributed by atoms with Crippen LogP contribution in [0.25, 0.3) is 5.69 Å². The molecule has 0 aliphatic heterocycles. The fraction of sp³-hybridized carbons (Fsp3) is 0. The molecule has 0 radical (unpaired) electrons. The largest absolute Gasteiger partial charge is 0.478 e. The van der Waals surface area contributed by atoms with Gasteiger partial charge < -0.3 is 5.11 Å². The van der Waals surface area contributed by atoms with Crippen LogP contribution in [0.4, 0.5) is 0 Å². The first-order chi connectivity index (χ1) is 7.20. The molecule has 0 aliphatic rings. The van der Waals surface area contributed by atoms with Gasteiger partial charge in [-0.05, 0) is 6.07 Å². The van der Waals surface area contributed by atoms with Crippen LogP contribution in [0.1, 0.15) is 10.4 Å². The van der Waals surface area contributed by atoms with Crippen molar-refractivity contribution in [2.24, 2.45) is 0 Å². The summed E-state index contributed by atoms with van der Waals surface area (Å²) in [7, 11) is 0. The number of hydrogen-bond donors (Lipinski definition) is 1. The summed E-state index contributed by atoms with van der Waals surface area (Å²) < 4.78 is 1.28. The number of halogens is 1. The van der Waals surface area contributed by atoms with Crippen molar-refractivity contribution in [2.45, 2.75) is 0 Å². The minimum atomic E-state index is -1.12. The van der Waals surface area contributed by atoms with Gasteiger partial charge in [-0.25, -0.2) is 9.48 Å². The lowest BCUT2D eigenvalue weighted by molar-refractivity contribution is 0.0697. The molecule has 1 N–H and O–H groups in total. The Balaban J connectivity index is 2.52. The lowest BCUT2D eigenvalue weighted by atomic mass is 10.4. The number of carboxylic acids is 1. The summed E-state index contributed by atoms with van der Waals surface area (Å²) in [5, 5.41) is 19.9. The van der Waals surface area contributed by atoms with Gasteiger partial charge in [0.2, 0.25) is 0 Å². The van der Waals surface area contributed by atoms with Crippen LogP contribution in [0.2, 0.25) is 5.15 Å². The van der Waals surface area contributed by atoms with Crippen LogP contribution in [0.3, 0.4) is 0 Å². The number of nitrogens with zero attached hydrogens (tertiary/aromatic N) is 4. The second-order valence-electron chi connectivity index (χ2n) is 2.67. The minimum Gasteiger partial charge on any atom is -0.478 e. The molecule has 7 heteroatoms. The average molecular weight is 225 g/mol. The van der Waals surface area contributed by atoms with Crippen molar-refractivity contribution in [3.8, 4) is 5.69 Å². The summed E-state index contributed by atoms with van der Waals surface area (Å²) in [5.74, 6) is -1.12. The third-order valence-corrected chi connectivity index (χ3v) is 2.12. The van der Waals surface area contributed by atoms with E-state index in [2.05, 4.69) is 15.3 Å². The Morgan fingerprint density at radius 1 is 1.40 bits per heavy atom. The summed E-state index contributed by atoms with van der Waals surface area (Å²) in [5.41, 5.74) is 0.510. The molecule has 0 aromatic carbocycles. The maximum atomic E-state index is 10.7. The van der Waals surface area contributed by atoms with Gasteiger partial charge in [0.25, 0.3) is 0 Å². The zero-order valence-corrected chi connectivity index (χ0v) is 8.09. The van der Waals surface area contributed by atoms with Crippen molar-refractivity contribution in [3.63, 3.8) is 0 Å². The Morgan fingerprint density at radius 2 is 2.20 bits per heavy atom. The van der Waals surface area contributed by atoms with Crippen LogP contribution in [0.15, 0.2) is 24.7 Å². The van der Waals surface area contributed by atoms with Crippen molar-refractivity contribution in [1.29, 1.82) is 0 Å². The predicted octanol–water partition coefficient (Wildman–Crippen LogP) is 1.01. The van der Waals surface area contributed by atoms with Crippen LogP contribution in [0.5, 0.6) is 0 Å². The van der Waals surface area contributed by atoms with Crippen LogP contribution < -0.4 is 0 Å². The maximum absolute atomic E-state index is 10.7. The Morgan fingerprint density at radius 3 is 2.73 bits per heavy atom. The van der Waals surface area contributed by atoms with Crippen molar-refractivity contribution in [1.82, 2.24) is 20.0 Å². The van der Waals surface area contributed by atoms with Crippen molar-refractivity contribution >= 4 is 17.6 Å². The molecule has 2 heterocycles. The van der Waals surface area contributed by atoms with E-state index >= 15 is 0 Å². The van der Waals surface area contributed by atoms with Gasteiger partial charge >= 0.3 is 5.97 Å². The first kappa shape index (κ1) is 9.60. The third kappa shape index (κ3) is 1.66. The number of aromatic carboxylic acids is 1. The van der Waals surface area contributed by atoms with Gasteiger partial charge in [0.1, 0.15) is 10.7 Å². The van der Waals surface area contributed by atoms with Crippen molar-refractivity contribution < 1.29 is 9.90 Å². The molecule has 2 aromatic rings. The molecule has 0 fully saturated rings. The molecular formula is C8H5ClN4O2. The van der Waals surface area contributed by atoms with Gasteiger partial charge in [0, 0.05) is 0 Å². The zero-order chi connectivity index (χ0) is 10.8. The molecule has 0 unspecified atom stereocenters. The quantitative estimate of drug-likeness (QED) is 0.824. The van der Waals surface area contributed by atoms with Crippen LogP contribution >= 0.6 is 11.6 Å². The molecule has 0 saturated heterocycles. The Bertz CT molecular complexity index is 497. The molecule has 2 rings (SSSR count). The highest BCUT2D eigenvalue weighted by Crippen LogP contribution is 2.18. The average Bonchev–Trinajstić information content (AvgIpc) is 2.61.